The van der Waals surface area contributed by atoms with Gasteiger partial charge in [-0.25, -0.2) is 0 Å². The Hall–Kier alpha value is -2.71. The predicted molar refractivity (Wildman–Crippen MR) is 254 cm³/mol. The van der Waals surface area contributed by atoms with E-state index >= 15 is 0 Å². The fourth-order valence-electron chi connectivity index (χ4n) is 7.32. The van der Waals surface area contributed by atoms with Gasteiger partial charge in [0.05, 0.1) is 40.3 Å². The lowest BCUT2D eigenvalue weighted by molar-refractivity contribution is -0.889. The molecule has 0 saturated heterocycles. The summed E-state index contributed by atoms with van der Waals surface area (Å²) in [5.41, 5.74) is 0. The van der Waals surface area contributed by atoms with Crippen LogP contribution in [0.25, 0.3) is 0 Å². The van der Waals surface area contributed by atoms with Gasteiger partial charge in [0.2, 0.25) is 0 Å². The van der Waals surface area contributed by atoms with Gasteiger partial charge in [-0.2, -0.15) is 0 Å². The lowest BCUT2D eigenvalue weighted by atomic mass is 10.1. The van der Waals surface area contributed by atoms with Crippen LogP contribution in [0, 0.1) is 0 Å². The van der Waals surface area contributed by atoms with Crippen LogP contribution in [0.15, 0.2) is 48.6 Å². The number of ether oxygens (including phenoxy) is 3. The molecular formula is C53H95NO7. The molecule has 61 heavy (non-hydrogen) atoms. The first-order valence-electron chi connectivity index (χ1n) is 25.2. The Kier molecular flexibility index (Phi) is 42.0. The van der Waals surface area contributed by atoms with Crippen molar-refractivity contribution in [2.75, 3.05) is 41.0 Å². The summed E-state index contributed by atoms with van der Waals surface area (Å²) in [7, 11) is 5.41. The maximum atomic E-state index is 12.8. The van der Waals surface area contributed by atoms with Gasteiger partial charge < -0.3 is 28.6 Å². The van der Waals surface area contributed by atoms with Crippen LogP contribution in [0.1, 0.15) is 219 Å². The molecule has 0 heterocycles. The summed E-state index contributed by atoms with van der Waals surface area (Å²) in [5.74, 6) is -1.75. The summed E-state index contributed by atoms with van der Waals surface area (Å²) in [4.78, 5) is 37.0. The number of aliphatic carboxylic acids is 1. The van der Waals surface area contributed by atoms with Crippen molar-refractivity contribution in [3.05, 3.63) is 48.6 Å². The van der Waals surface area contributed by atoms with Crippen molar-refractivity contribution in [1.29, 1.82) is 0 Å². The molecule has 0 bridgehead atoms. The van der Waals surface area contributed by atoms with E-state index in [1.54, 1.807) is 21.1 Å². The molecule has 0 aromatic carbocycles. The smallest absolute Gasteiger partial charge is 0.306 e. The lowest BCUT2D eigenvalue weighted by Gasteiger charge is -2.34. The SMILES string of the molecule is CC/C=C/C/C=C/C/C=C/CCCCCCCCCCCC(=O)OCC(COCCC(C(=O)[O-])[N+](C)(C)C)OC(=O)CCCCCCC/C=C/CCCCCCCCCCC. The zero-order chi connectivity index (χ0) is 44.9. The number of rotatable bonds is 45. The molecule has 8 heteroatoms. The van der Waals surface area contributed by atoms with Gasteiger partial charge in [-0.3, -0.25) is 9.59 Å². The van der Waals surface area contributed by atoms with E-state index in [1.807, 2.05) is 0 Å². The van der Waals surface area contributed by atoms with E-state index in [4.69, 9.17) is 14.2 Å². The highest BCUT2D eigenvalue weighted by molar-refractivity contribution is 5.70. The molecule has 0 amide bonds. The minimum absolute atomic E-state index is 0.0360. The molecule has 0 aromatic rings. The van der Waals surface area contributed by atoms with E-state index < -0.39 is 18.1 Å². The van der Waals surface area contributed by atoms with Crippen molar-refractivity contribution in [2.24, 2.45) is 0 Å². The quantitative estimate of drug-likeness (QED) is 0.0260. The first-order chi connectivity index (χ1) is 29.6. The van der Waals surface area contributed by atoms with Crippen molar-refractivity contribution in [3.63, 3.8) is 0 Å². The highest BCUT2D eigenvalue weighted by atomic mass is 16.6. The van der Waals surface area contributed by atoms with E-state index in [1.165, 1.54) is 109 Å². The molecule has 0 aliphatic rings. The first kappa shape index (κ1) is 58.3. The molecule has 2 unspecified atom stereocenters. The largest absolute Gasteiger partial charge is 0.544 e. The normalized spacial score (nSPS) is 13.3. The fraction of sp³-hybridized carbons (Fsp3) is 0.792. The van der Waals surface area contributed by atoms with Gasteiger partial charge in [0.15, 0.2) is 6.10 Å². The van der Waals surface area contributed by atoms with Gasteiger partial charge in [-0.05, 0) is 70.6 Å². The molecule has 0 aliphatic carbocycles. The molecule has 8 nitrogen and oxygen atoms in total. The van der Waals surface area contributed by atoms with E-state index in [0.717, 1.165) is 77.0 Å². The van der Waals surface area contributed by atoms with Crippen LogP contribution in [0.2, 0.25) is 0 Å². The summed E-state index contributed by atoms with van der Waals surface area (Å²) in [5, 5.41) is 11.7. The van der Waals surface area contributed by atoms with Gasteiger partial charge >= 0.3 is 11.9 Å². The molecule has 0 spiro atoms. The molecule has 0 saturated carbocycles. The lowest BCUT2D eigenvalue weighted by Crippen LogP contribution is -2.55. The zero-order valence-corrected chi connectivity index (χ0v) is 40.3. The van der Waals surface area contributed by atoms with Gasteiger partial charge in [0.1, 0.15) is 12.6 Å². The van der Waals surface area contributed by atoms with E-state index in [-0.39, 0.29) is 42.7 Å². The maximum absolute atomic E-state index is 12.8. The molecule has 0 rings (SSSR count). The minimum Gasteiger partial charge on any atom is -0.544 e. The van der Waals surface area contributed by atoms with Crippen LogP contribution in [0.5, 0.6) is 0 Å². The van der Waals surface area contributed by atoms with Gasteiger partial charge in [-0.1, -0.05) is 178 Å². The van der Waals surface area contributed by atoms with Crippen molar-refractivity contribution in [2.45, 2.75) is 231 Å². The van der Waals surface area contributed by atoms with E-state index in [0.29, 0.717) is 12.8 Å². The Balaban J connectivity index is 4.27. The van der Waals surface area contributed by atoms with Crippen LogP contribution in [0.3, 0.4) is 0 Å². The highest BCUT2D eigenvalue weighted by Crippen LogP contribution is 2.15. The van der Waals surface area contributed by atoms with E-state index in [2.05, 4.69) is 62.5 Å². The molecule has 0 aromatic heterocycles. The number of carboxylic acid groups (broad SMARTS) is 1. The van der Waals surface area contributed by atoms with Crippen LogP contribution >= 0.6 is 0 Å². The number of hydrogen-bond donors (Lipinski definition) is 0. The Labute approximate surface area is 376 Å². The van der Waals surface area contributed by atoms with Gasteiger partial charge in [-0.15, -0.1) is 0 Å². The second-order valence-electron chi connectivity index (χ2n) is 18.0. The van der Waals surface area contributed by atoms with Crippen molar-refractivity contribution in [1.82, 2.24) is 0 Å². The van der Waals surface area contributed by atoms with Crippen LogP contribution in [0.4, 0.5) is 0 Å². The Bertz CT molecular complexity index is 1140. The monoisotopic (exact) mass is 858 g/mol. The predicted octanol–water partition coefficient (Wildman–Crippen LogP) is 13.0. The van der Waals surface area contributed by atoms with Gasteiger partial charge in [0, 0.05) is 19.3 Å². The minimum atomic E-state index is -1.13. The Morgan fingerprint density at radius 3 is 1.38 bits per heavy atom. The summed E-state index contributed by atoms with van der Waals surface area (Å²) >= 11 is 0. The van der Waals surface area contributed by atoms with Crippen molar-refractivity contribution < 1.29 is 38.2 Å². The number of likely N-dealkylation sites (N-methyl/N-ethyl adjacent to an activating group) is 1. The number of hydrogen-bond acceptors (Lipinski definition) is 7. The maximum Gasteiger partial charge on any atom is 0.306 e. The molecule has 2 atom stereocenters. The molecule has 0 radical (unpaired) electrons. The number of allylic oxidation sites excluding steroid dienone is 8. The molecule has 354 valence electrons. The first-order valence-corrected chi connectivity index (χ1v) is 25.2. The second-order valence-corrected chi connectivity index (χ2v) is 18.0. The average Bonchev–Trinajstić information content (AvgIpc) is 3.22. The molecule has 0 N–H and O–H groups in total. The Morgan fingerprint density at radius 2 is 0.918 bits per heavy atom. The number of carbonyl (C=O) groups is 3. The second kappa shape index (κ2) is 43.9. The standard InChI is InChI=1S/C53H95NO7/c1-6-8-10-12-14-16-18-20-22-24-26-28-29-31-33-35-37-39-41-43-51(55)60-48-49(47-59-46-45-50(53(57)58)54(3,4)5)61-52(56)44-42-40-38-36-34-32-30-27-25-23-21-19-17-15-13-11-9-7-2/h8,10,14,16,20,22,27,30,49-50H,6-7,9,11-13,15,17-19,21,23-26,28-29,31-48H2,1-5H3/b10-8+,16-14+,22-20+,30-27+. The van der Waals surface area contributed by atoms with Crippen LogP contribution in [-0.4, -0.2) is 75.5 Å². The molecular weight excluding hydrogens is 763 g/mol. The summed E-state index contributed by atoms with van der Waals surface area (Å²) in [6.07, 6.45) is 52.8. The fourth-order valence-corrected chi connectivity index (χ4v) is 7.32. The van der Waals surface area contributed by atoms with Gasteiger partial charge in [0.25, 0.3) is 0 Å². The molecule has 0 aliphatic heterocycles. The summed E-state index contributed by atoms with van der Waals surface area (Å²) in [6.45, 7) is 4.56. The van der Waals surface area contributed by atoms with Crippen molar-refractivity contribution in [3.8, 4) is 0 Å². The summed E-state index contributed by atoms with van der Waals surface area (Å²) in [6, 6.07) is -0.729. The van der Waals surface area contributed by atoms with Crippen LogP contribution < -0.4 is 5.11 Å². The van der Waals surface area contributed by atoms with Crippen molar-refractivity contribution >= 4 is 17.9 Å². The third kappa shape index (κ3) is 42.4. The van der Waals surface area contributed by atoms with E-state index in [9.17, 15) is 19.5 Å². The number of carbonyl (C=O) groups excluding carboxylic acids is 3. The third-order valence-electron chi connectivity index (χ3n) is 11.2. The third-order valence-corrected chi connectivity index (χ3v) is 11.2. The number of nitrogens with zero attached hydrogens (tertiary/aromatic N) is 1. The topological polar surface area (TPSA) is 102 Å². The number of carboxylic acids is 1. The number of quaternary nitrogens is 1. The molecule has 0 fully saturated rings. The Morgan fingerprint density at radius 1 is 0.508 bits per heavy atom. The van der Waals surface area contributed by atoms with Crippen LogP contribution in [-0.2, 0) is 28.6 Å². The number of esters is 2. The zero-order valence-electron chi connectivity index (χ0n) is 40.3. The number of unbranched alkanes of at least 4 members (excludes halogenated alkanes) is 23. The highest BCUT2D eigenvalue weighted by Gasteiger charge is 2.25. The average molecular weight is 858 g/mol. The summed E-state index contributed by atoms with van der Waals surface area (Å²) < 4.78 is 17.2.